The molecule has 0 heterocycles. The predicted molar refractivity (Wildman–Crippen MR) is 104 cm³/mol. The van der Waals surface area contributed by atoms with Gasteiger partial charge in [-0.15, -0.1) is 0 Å². The molecular formula is C20H26N2O4. The molecule has 140 valence electrons. The average molecular weight is 358 g/mol. The second-order valence-electron chi connectivity index (χ2n) is 5.69. The van der Waals surface area contributed by atoms with Crippen molar-refractivity contribution in [3.8, 4) is 17.2 Å². The number of amides is 1. The number of unbranched alkanes of at least 4 members (excludes halogenated alkanes) is 1. The molecule has 6 nitrogen and oxygen atoms in total. The lowest BCUT2D eigenvalue weighted by atomic mass is 10.2. The van der Waals surface area contributed by atoms with Gasteiger partial charge in [0.15, 0.2) is 0 Å². The van der Waals surface area contributed by atoms with Crippen LogP contribution in [0.4, 0.5) is 11.4 Å². The highest BCUT2D eigenvalue weighted by Crippen LogP contribution is 2.28. The fraction of sp³-hybridized carbons (Fsp3) is 0.350. The van der Waals surface area contributed by atoms with Crippen molar-refractivity contribution in [3.63, 3.8) is 0 Å². The fourth-order valence-electron chi connectivity index (χ4n) is 2.29. The summed E-state index contributed by atoms with van der Waals surface area (Å²) in [4.78, 5) is 12.2. The summed E-state index contributed by atoms with van der Waals surface area (Å²) in [6.45, 7) is 2.98. The van der Waals surface area contributed by atoms with Crippen LogP contribution in [0.15, 0.2) is 42.5 Å². The Bertz CT molecular complexity index is 701. The van der Waals surface area contributed by atoms with Crippen molar-refractivity contribution in [1.29, 1.82) is 0 Å². The Kier molecular flexibility index (Phi) is 7.61. The molecule has 0 aromatic heterocycles. The van der Waals surface area contributed by atoms with Crippen molar-refractivity contribution in [2.45, 2.75) is 19.8 Å². The molecule has 0 fully saturated rings. The summed E-state index contributed by atoms with van der Waals surface area (Å²) in [5, 5.41) is 5.91. The maximum Gasteiger partial charge on any atom is 0.243 e. The van der Waals surface area contributed by atoms with Gasteiger partial charge in [-0.05, 0) is 42.8 Å². The molecule has 0 saturated carbocycles. The maximum atomic E-state index is 12.2. The van der Waals surface area contributed by atoms with Crippen LogP contribution in [0.5, 0.6) is 17.2 Å². The molecule has 2 aromatic rings. The van der Waals surface area contributed by atoms with E-state index in [1.807, 2.05) is 24.3 Å². The fourth-order valence-corrected chi connectivity index (χ4v) is 2.29. The lowest BCUT2D eigenvalue weighted by Gasteiger charge is -2.12. The SMILES string of the molecule is CCCCOc1ccc(NCC(=O)Nc2cc(OC)ccc2OC)cc1. The third-order valence-corrected chi connectivity index (χ3v) is 3.75. The molecule has 0 aliphatic heterocycles. The van der Waals surface area contributed by atoms with Gasteiger partial charge >= 0.3 is 0 Å². The van der Waals surface area contributed by atoms with Gasteiger partial charge in [0.2, 0.25) is 5.91 Å². The van der Waals surface area contributed by atoms with Crippen LogP contribution in [-0.4, -0.2) is 33.3 Å². The zero-order valence-corrected chi connectivity index (χ0v) is 15.5. The minimum absolute atomic E-state index is 0.135. The maximum absolute atomic E-state index is 12.2. The van der Waals surface area contributed by atoms with Crippen molar-refractivity contribution in [2.24, 2.45) is 0 Å². The van der Waals surface area contributed by atoms with Crippen LogP contribution in [0.25, 0.3) is 0 Å². The molecule has 2 rings (SSSR count). The van der Waals surface area contributed by atoms with Crippen LogP contribution >= 0.6 is 0 Å². The largest absolute Gasteiger partial charge is 0.497 e. The van der Waals surface area contributed by atoms with Crippen LogP contribution in [-0.2, 0) is 4.79 Å². The van der Waals surface area contributed by atoms with Crippen molar-refractivity contribution in [3.05, 3.63) is 42.5 Å². The first-order valence-corrected chi connectivity index (χ1v) is 8.65. The Hall–Kier alpha value is -2.89. The number of ether oxygens (including phenoxy) is 3. The van der Waals surface area contributed by atoms with E-state index in [-0.39, 0.29) is 12.5 Å². The number of rotatable bonds is 10. The van der Waals surface area contributed by atoms with E-state index in [9.17, 15) is 4.79 Å². The lowest BCUT2D eigenvalue weighted by Crippen LogP contribution is -2.22. The van der Waals surface area contributed by atoms with E-state index in [1.165, 1.54) is 0 Å². The van der Waals surface area contributed by atoms with Crippen LogP contribution in [0.1, 0.15) is 19.8 Å². The number of carbonyl (C=O) groups excluding carboxylic acids is 1. The number of benzene rings is 2. The first-order chi connectivity index (χ1) is 12.7. The molecule has 0 saturated heterocycles. The topological polar surface area (TPSA) is 68.8 Å². The van der Waals surface area contributed by atoms with Crippen molar-refractivity contribution in [2.75, 3.05) is 38.0 Å². The molecule has 1 amide bonds. The van der Waals surface area contributed by atoms with Crippen molar-refractivity contribution < 1.29 is 19.0 Å². The number of hydrogen-bond acceptors (Lipinski definition) is 5. The van der Waals surface area contributed by atoms with E-state index in [0.717, 1.165) is 24.3 Å². The first-order valence-electron chi connectivity index (χ1n) is 8.65. The van der Waals surface area contributed by atoms with Gasteiger partial charge in [0, 0.05) is 11.8 Å². The standard InChI is InChI=1S/C20H26N2O4/c1-4-5-12-26-16-8-6-15(7-9-16)21-14-20(23)22-18-13-17(24-2)10-11-19(18)25-3/h6-11,13,21H,4-5,12,14H2,1-3H3,(H,22,23). The van der Waals surface area contributed by atoms with Gasteiger partial charge in [-0.25, -0.2) is 0 Å². The second kappa shape index (κ2) is 10.2. The smallest absolute Gasteiger partial charge is 0.243 e. The highest BCUT2D eigenvalue weighted by molar-refractivity contribution is 5.95. The molecule has 2 N–H and O–H groups in total. The van der Waals surface area contributed by atoms with Gasteiger partial charge in [0.05, 0.1) is 33.1 Å². The summed E-state index contributed by atoms with van der Waals surface area (Å²) in [7, 11) is 3.13. The third kappa shape index (κ3) is 5.88. The number of nitrogens with one attached hydrogen (secondary N) is 2. The molecule has 26 heavy (non-hydrogen) atoms. The Balaban J connectivity index is 1.87. The molecule has 0 spiro atoms. The molecule has 0 aliphatic rings. The summed E-state index contributed by atoms with van der Waals surface area (Å²) < 4.78 is 16.1. The molecule has 0 aliphatic carbocycles. The molecule has 0 bridgehead atoms. The summed E-state index contributed by atoms with van der Waals surface area (Å²) in [5.41, 5.74) is 1.42. The van der Waals surface area contributed by atoms with E-state index in [4.69, 9.17) is 14.2 Å². The van der Waals surface area contributed by atoms with Crippen LogP contribution in [0, 0.1) is 0 Å². The van der Waals surface area contributed by atoms with E-state index < -0.39 is 0 Å². The highest BCUT2D eigenvalue weighted by atomic mass is 16.5. The molecule has 0 radical (unpaired) electrons. The number of anilines is 2. The molecular weight excluding hydrogens is 332 g/mol. The van der Waals surface area contributed by atoms with Crippen LogP contribution in [0.3, 0.4) is 0 Å². The highest BCUT2D eigenvalue weighted by Gasteiger charge is 2.09. The van der Waals surface area contributed by atoms with Gasteiger partial charge in [-0.2, -0.15) is 0 Å². The Morgan fingerprint density at radius 2 is 1.73 bits per heavy atom. The third-order valence-electron chi connectivity index (χ3n) is 3.75. The Labute approximate surface area is 154 Å². The molecule has 2 aromatic carbocycles. The summed E-state index contributed by atoms with van der Waals surface area (Å²) in [6.07, 6.45) is 2.14. The zero-order chi connectivity index (χ0) is 18.8. The van der Waals surface area contributed by atoms with E-state index >= 15 is 0 Å². The van der Waals surface area contributed by atoms with Gasteiger partial charge in [-0.1, -0.05) is 13.3 Å². The summed E-state index contributed by atoms with van der Waals surface area (Å²) in [5.74, 6) is 1.87. The predicted octanol–water partition coefficient (Wildman–Crippen LogP) is 3.93. The number of carbonyl (C=O) groups is 1. The minimum Gasteiger partial charge on any atom is -0.497 e. The molecule has 6 heteroatoms. The number of hydrogen-bond donors (Lipinski definition) is 2. The lowest BCUT2D eigenvalue weighted by molar-refractivity contribution is -0.114. The van der Waals surface area contributed by atoms with E-state index in [2.05, 4.69) is 17.6 Å². The van der Waals surface area contributed by atoms with Crippen molar-refractivity contribution >= 4 is 17.3 Å². The van der Waals surface area contributed by atoms with E-state index in [1.54, 1.807) is 32.4 Å². The Morgan fingerprint density at radius 1 is 1.00 bits per heavy atom. The Morgan fingerprint density at radius 3 is 2.38 bits per heavy atom. The van der Waals surface area contributed by atoms with Gasteiger partial charge in [0.25, 0.3) is 0 Å². The normalized spacial score (nSPS) is 10.1. The monoisotopic (exact) mass is 358 g/mol. The second-order valence-corrected chi connectivity index (χ2v) is 5.69. The zero-order valence-electron chi connectivity index (χ0n) is 15.5. The van der Waals surface area contributed by atoms with Gasteiger partial charge < -0.3 is 24.8 Å². The average Bonchev–Trinajstić information content (AvgIpc) is 2.67. The molecule has 0 atom stereocenters. The van der Waals surface area contributed by atoms with E-state index in [0.29, 0.717) is 23.8 Å². The van der Waals surface area contributed by atoms with Crippen LogP contribution < -0.4 is 24.8 Å². The quantitative estimate of drug-likeness (QED) is 0.630. The van der Waals surface area contributed by atoms with Crippen molar-refractivity contribution in [1.82, 2.24) is 0 Å². The minimum atomic E-state index is -0.181. The first kappa shape index (κ1) is 19.4. The summed E-state index contributed by atoms with van der Waals surface area (Å²) >= 11 is 0. The summed E-state index contributed by atoms with van der Waals surface area (Å²) in [6, 6.07) is 12.8. The van der Waals surface area contributed by atoms with Gasteiger partial charge in [0.1, 0.15) is 17.2 Å². The van der Waals surface area contributed by atoms with Gasteiger partial charge in [-0.3, -0.25) is 4.79 Å². The van der Waals surface area contributed by atoms with Crippen LogP contribution in [0.2, 0.25) is 0 Å². The number of methoxy groups -OCH3 is 2. The molecule has 0 unspecified atom stereocenters.